The average molecular weight is 413 g/mol. The fourth-order valence-electron chi connectivity index (χ4n) is 1.74. The fourth-order valence-corrected chi connectivity index (χ4v) is 4.43. The zero-order valence-corrected chi connectivity index (χ0v) is 13.0. The van der Waals surface area contributed by atoms with Crippen LogP contribution in [-0.2, 0) is 4.79 Å². The molecule has 0 spiro atoms. The van der Waals surface area contributed by atoms with E-state index in [0.29, 0.717) is 13.0 Å². The van der Waals surface area contributed by atoms with Crippen molar-refractivity contribution in [3.05, 3.63) is 25.6 Å². The number of carbonyl (C=O) groups is 1. The Hall–Kier alpha value is 0.0900. The number of nitrogens with zero attached hydrogens (tertiary/aromatic N) is 1. The molecule has 1 unspecified atom stereocenters. The molecule has 0 radical (unpaired) electrons. The van der Waals surface area contributed by atoms with Crippen LogP contribution in [0.3, 0.4) is 0 Å². The highest BCUT2D eigenvalue weighted by atomic mass is 79.9. The van der Waals surface area contributed by atoms with Crippen LogP contribution in [-0.4, -0.2) is 18.5 Å². The van der Waals surface area contributed by atoms with Gasteiger partial charge in [-0.2, -0.15) is 0 Å². The van der Waals surface area contributed by atoms with E-state index in [9.17, 15) is 4.79 Å². The summed E-state index contributed by atoms with van der Waals surface area (Å²) < 4.78 is 2.69. The van der Waals surface area contributed by atoms with E-state index in [1.807, 2.05) is 12.1 Å². The minimum Gasteiger partial charge on any atom is -0.326 e. The first kappa shape index (κ1) is 12.5. The van der Waals surface area contributed by atoms with Crippen molar-refractivity contribution in [3.8, 4) is 0 Å². The third-order valence-electron chi connectivity index (χ3n) is 2.41. The van der Waals surface area contributed by atoms with E-state index in [4.69, 9.17) is 5.73 Å². The van der Waals surface area contributed by atoms with Crippen molar-refractivity contribution in [2.45, 2.75) is 12.5 Å². The minimum absolute atomic E-state index is 0.0659. The van der Waals surface area contributed by atoms with E-state index in [-0.39, 0.29) is 11.9 Å². The standard InChI is InChI=1S/C10H9Br3N2O/c11-5-1-7(12)10(8(13)2-5)15-4-6(14)3-9(15)16/h1-2,6H,3-4,14H2. The maximum absolute atomic E-state index is 11.8. The Kier molecular flexibility index (Phi) is 3.73. The van der Waals surface area contributed by atoms with Crippen molar-refractivity contribution < 1.29 is 4.79 Å². The van der Waals surface area contributed by atoms with Crippen LogP contribution in [0, 0.1) is 0 Å². The monoisotopic (exact) mass is 410 g/mol. The summed E-state index contributed by atoms with van der Waals surface area (Å²) in [5, 5.41) is 0. The Balaban J connectivity index is 2.44. The first-order valence-electron chi connectivity index (χ1n) is 4.69. The van der Waals surface area contributed by atoms with Gasteiger partial charge in [0.2, 0.25) is 5.91 Å². The van der Waals surface area contributed by atoms with Crippen molar-refractivity contribution in [1.29, 1.82) is 0 Å². The van der Waals surface area contributed by atoms with Gasteiger partial charge in [0, 0.05) is 32.4 Å². The van der Waals surface area contributed by atoms with Crippen LogP contribution in [0.2, 0.25) is 0 Å². The van der Waals surface area contributed by atoms with E-state index in [1.54, 1.807) is 4.90 Å². The van der Waals surface area contributed by atoms with Gasteiger partial charge in [-0.3, -0.25) is 4.79 Å². The molecule has 1 fully saturated rings. The third kappa shape index (κ3) is 2.34. The van der Waals surface area contributed by atoms with Crippen LogP contribution in [0.4, 0.5) is 5.69 Å². The van der Waals surface area contributed by atoms with Crippen molar-refractivity contribution in [2.75, 3.05) is 11.4 Å². The Morgan fingerprint density at radius 2 is 1.81 bits per heavy atom. The normalized spacial score (nSPS) is 20.6. The molecule has 0 bridgehead atoms. The van der Waals surface area contributed by atoms with Crippen molar-refractivity contribution >= 4 is 59.4 Å². The van der Waals surface area contributed by atoms with Gasteiger partial charge in [0.1, 0.15) is 0 Å². The zero-order chi connectivity index (χ0) is 11.9. The third-order valence-corrected chi connectivity index (χ3v) is 4.07. The van der Waals surface area contributed by atoms with E-state index in [2.05, 4.69) is 47.8 Å². The predicted molar refractivity (Wildman–Crippen MR) is 74.5 cm³/mol. The topological polar surface area (TPSA) is 46.3 Å². The molecule has 6 heteroatoms. The van der Waals surface area contributed by atoms with Crippen molar-refractivity contribution in [3.63, 3.8) is 0 Å². The summed E-state index contributed by atoms with van der Waals surface area (Å²) in [6.07, 6.45) is 0.412. The molecule has 2 N–H and O–H groups in total. The number of rotatable bonds is 1. The van der Waals surface area contributed by atoms with Gasteiger partial charge in [0.05, 0.1) is 5.69 Å². The number of benzene rings is 1. The van der Waals surface area contributed by atoms with Crippen molar-refractivity contribution in [2.24, 2.45) is 5.73 Å². The lowest BCUT2D eigenvalue weighted by atomic mass is 10.3. The molecule has 0 aromatic heterocycles. The summed E-state index contributed by atoms with van der Waals surface area (Å²) in [5.74, 6) is 0.0659. The molecule has 1 aromatic carbocycles. The molecule has 1 heterocycles. The fraction of sp³-hybridized carbons (Fsp3) is 0.300. The van der Waals surface area contributed by atoms with Gasteiger partial charge < -0.3 is 10.6 Å². The van der Waals surface area contributed by atoms with Crippen LogP contribution in [0.5, 0.6) is 0 Å². The van der Waals surface area contributed by atoms with Gasteiger partial charge in [0.15, 0.2) is 0 Å². The van der Waals surface area contributed by atoms with Gasteiger partial charge in [-0.15, -0.1) is 0 Å². The molecule has 2 rings (SSSR count). The molecule has 86 valence electrons. The lowest BCUT2D eigenvalue weighted by Crippen LogP contribution is -2.28. The molecule has 3 nitrogen and oxygen atoms in total. The SMILES string of the molecule is NC1CC(=O)N(c2c(Br)cc(Br)cc2Br)C1. The number of halogens is 3. The number of anilines is 1. The van der Waals surface area contributed by atoms with Gasteiger partial charge in [-0.05, 0) is 44.0 Å². The van der Waals surface area contributed by atoms with Crippen LogP contribution < -0.4 is 10.6 Å². The number of hydrogen-bond donors (Lipinski definition) is 1. The van der Waals surface area contributed by atoms with E-state index < -0.39 is 0 Å². The maximum atomic E-state index is 11.8. The van der Waals surface area contributed by atoms with Crippen LogP contribution in [0.15, 0.2) is 25.6 Å². The maximum Gasteiger partial charge on any atom is 0.228 e. The van der Waals surface area contributed by atoms with Gasteiger partial charge in [0.25, 0.3) is 0 Å². The number of carbonyl (C=O) groups excluding carboxylic acids is 1. The highest BCUT2D eigenvalue weighted by Gasteiger charge is 2.30. The molecule has 1 atom stereocenters. The zero-order valence-electron chi connectivity index (χ0n) is 8.21. The Bertz CT molecular complexity index is 427. The molecule has 1 aliphatic heterocycles. The molecule has 1 aromatic rings. The van der Waals surface area contributed by atoms with Gasteiger partial charge in [-0.25, -0.2) is 0 Å². The predicted octanol–water partition coefficient (Wildman–Crippen LogP) is 3.04. The van der Waals surface area contributed by atoms with Gasteiger partial charge >= 0.3 is 0 Å². The molecule has 16 heavy (non-hydrogen) atoms. The molecular formula is C10H9Br3N2O. The molecule has 1 saturated heterocycles. The first-order chi connectivity index (χ1) is 7.49. The molecule has 0 aliphatic carbocycles. The van der Waals surface area contributed by atoms with Crippen molar-refractivity contribution in [1.82, 2.24) is 0 Å². The summed E-state index contributed by atoms with van der Waals surface area (Å²) in [7, 11) is 0. The smallest absolute Gasteiger partial charge is 0.228 e. The van der Waals surface area contributed by atoms with E-state index in [1.165, 1.54) is 0 Å². The Labute approximate surface area is 119 Å². The first-order valence-corrected chi connectivity index (χ1v) is 7.07. The number of amides is 1. The minimum atomic E-state index is -0.0741. The average Bonchev–Trinajstić information content (AvgIpc) is 2.43. The van der Waals surface area contributed by atoms with Crippen LogP contribution >= 0.6 is 47.8 Å². The lowest BCUT2D eigenvalue weighted by Gasteiger charge is -2.19. The lowest BCUT2D eigenvalue weighted by molar-refractivity contribution is -0.117. The largest absolute Gasteiger partial charge is 0.326 e. The highest BCUT2D eigenvalue weighted by molar-refractivity contribution is 9.11. The molecule has 0 saturated carbocycles. The molecular weight excluding hydrogens is 404 g/mol. The summed E-state index contributed by atoms with van der Waals surface area (Å²) in [6.45, 7) is 0.567. The summed E-state index contributed by atoms with van der Waals surface area (Å²) >= 11 is 10.3. The summed E-state index contributed by atoms with van der Waals surface area (Å²) in [4.78, 5) is 13.5. The summed E-state index contributed by atoms with van der Waals surface area (Å²) in [5.41, 5.74) is 6.63. The molecule has 1 amide bonds. The molecule has 1 aliphatic rings. The number of nitrogens with two attached hydrogens (primary N) is 1. The Morgan fingerprint density at radius 3 is 2.25 bits per heavy atom. The highest BCUT2D eigenvalue weighted by Crippen LogP contribution is 2.38. The van der Waals surface area contributed by atoms with Crippen LogP contribution in [0.25, 0.3) is 0 Å². The van der Waals surface area contributed by atoms with E-state index >= 15 is 0 Å². The Morgan fingerprint density at radius 1 is 1.25 bits per heavy atom. The second-order valence-corrected chi connectivity index (χ2v) is 6.31. The van der Waals surface area contributed by atoms with E-state index in [0.717, 1.165) is 19.1 Å². The second-order valence-electron chi connectivity index (χ2n) is 3.69. The summed E-state index contributed by atoms with van der Waals surface area (Å²) in [6, 6.07) is 3.75. The quantitative estimate of drug-likeness (QED) is 0.770. The van der Waals surface area contributed by atoms with Gasteiger partial charge in [-0.1, -0.05) is 15.9 Å². The second kappa shape index (κ2) is 4.76. The number of hydrogen-bond acceptors (Lipinski definition) is 2. The van der Waals surface area contributed by atoms with Crippen LogP contribution in [0.1, 0.15) is 6.42 Å².